The van der Waals surface area contributed by atoms with Crippen LogP contribution in [0.3, 0.4) is 0 Å². The Morgan fingerprint density at radius 1 is 1.29 bits per heavy atom. The van der Waals surface area contributed by atoms with Gasteiger partial charge in [0, 0.05) is 19.5 Å². The molecule has 4 heteroatoms. The Balaban J connectivity index is 3.42. The Hall–Kier alpha value is -1.06. The molecular weight excluding hydrogens is 180 g/mol. The molecule has 0 heterocycles. The van der Waals surface area contributed by atoms with Crippen molar-refractivity contribution >= 4 is 12.3 Å². The highest BCUT2D eigenvalue weighted by Crippen LogP contribution is 2.19. The average molecular weight is 200 g/mol. The van der Waals surface area contributed by atoms with E-state index in [9.17, 15) is 9.59 Å². The number of carbonyl (C=O) groups excluding carboxylic acids is 2. The number of rotatable bonds is 6. The minimum Gasteiger partial charge on any atom is -0.357 e. The second-order valence-electron chi connectivity index (χ2n) is 4.48. The van der Waals surface area contributed by atoms with Crippen LogP contribution < -0.4 is 10.6 Å². The monoisotopic (exact) mass is 200 g/mol. The molecule has 0 saturated heterocycles. The van der Waals surface area contributed by atoms with E-state index in [1.807, 2.05) is 0 Å². The lowest BCUT2D eigenvalue weighted by Crippen LogP contribution is -2.31. The molecule has 2 amide bonds. The van der Waals surface area contributed by atoms with E-state index in [1.165, 1.54) is 0 Å². The Morgan fingerprint density at radius 2 is 1.93 bits per heavy atom. The van der Waals surface area contributed by atoms with Crippen molar-refractivity contribution in [2.45, 2.75) is 33.6 Å². The summed E-state index contributed by atoms with van der Waals surface area (Å²) >= 11 is 0. The van der Waals surface area contributed by atoms with Gasteiger partial charge in [0.15, 0.2) is 0 Å². The minimum atomic E-state index is 0.0487. The van der Waals surface area contributed by atoms with Crippen molar-refractivity contribution in [2.75, 3.05) is 13.1 Å². The van der Waals surface area contributed by atoms with E-state index in [0.717, 1.165) is 6.42 Å². The third-order valence-corrected chi connectivity index (χ3v) is 1.78. The lowest BCUT2D eigenvalue weighted by atomic mass is 9.90. The van der Waals surface area contributed by atoms with Crippen LogP contribution in [0, 0.1) is 5.41 Å². The first kappa shape index (κ1) is 12.9. The van der Waals surface area contributed by atoms with E-state index in [4.69, 9.17) is 0 Å². The highest BCUT2D eigenvalue weighted by molar-refractivity contribution is 5.75. The highest BCUT2D eigenvalue weighted by Gasteiger charge is 2.12. The summed E-state index contributed by atoms with van der Waals surface area (Å²) in [5.74, 6) is 0.0487. The number of hydrogen-bond acceptors (Lipinski definition) is 2. The Labute approximate surface area is 85.4 Å². The van der Waals surface area contributed by atoms with E-state index in [0.29, 0.717) is 25.9 Å². The molecular formula is C10H20N2O2. The molecule has 0 aliphatic heterocycles. The molecule has 0 aromatic carbocycles. The number of amides is 2. The second kappa shape index (κ2) is 6.40. The summed E-state index contributed by atoms with van der Waals surface area (Å²) in [6.07, 6.45) is 2.05. The van der Waals surface area contributed by atoms with Crippen LogP contribution in [0.5, 0.6) is 0 Å². The molecule has 0 aliphatic carbocycles. The Kier molecular flexibility index (Phi) is 5.92. The zero-order chi connectivity index (χ0) is 11.0. The predicted octanol–water partition coefficient (Wildman–Crippen LogP) is 0.675. The van der Waals surface area contributed by atoms with Gasteiger partial charge in [-0.25, -0.2) is 0 Å². The quantitative estimate of drug-likeness (QED) is 0.489. The normalized spacial score (nSPS) is 10.8. The molecule has 0 aromatic rings. The Bertz CT molecular complexity index is 185. The fourth-order valence-corrected chi connectivity index (χ4v) is 0.910. The second-order valence-corrected chi connectivity index (χ2v) is 4.48. The number of hydrogen-bond donors (Lipinski definition) is 2. The SMILES string of the molecule is CC(C)(C)CCC(=O)NCCNC=O. The van der Waals surface area contributed by atoms with Crippen molar-refractivity contribution in [2.24, 2.45) is 5.41 Å². The summed E-state index contributed by atoms with van der Waals surface area (Å²) in [5.41, 5.74) is 0.193. The molecule has 0 rings (SSSR count). The third kappa shape index (κ3) is 9.03. The molecule has 4 nitrogen and oxygen atoms in total. The van der Waals surface area contributed by atoms with Gasteiger partial charge >= 0.3 is 0 Å². The largest absolute Gasteiger partial charge is 0.357 e. The van der Waals surface area contributed by atoms with Gasteiger partial charge in [-0.15, -0.1) is 0 Å². The maximum atomic E-state index is 11.2. The van der Waals surface area contributed by atoms with Crippen molar-refractivity contribution in [1.29, 1.82) is 0 Å². The molecule has 0 radical (unpaired) electrons. The third-order valence-electron chi connectivity index (χ3n) is 1.78. The lowest BCUT2D eigenvalue weighted by molar-refractivity contribution is -0.121. The van der Waals surface area contributed by atoms with Crippen molar-refractivity contribution in [1.82, 2.24) is 10.6 Å². The van der Waals surface area contributed by atoms with E-state index < -0.39 is 0 Å². The topological polar surface area (TPSA) is 58.2 Å². The molecule has 0 fully saturated rings. The summed E-state index contributed by atoms with van der Waals surface area (Å²) in [6, 6.07) is 0. The van der Waals surface area contributed by atoms with E-state index in [-0.39, 0.29) is 11.3 Å². The first-order valence-electron chi connectivity index (χ1n) is 4.89. The minimum absolute atomic E-state index is 0.0487. The summed E-state index contributed by atoms with van der Waals surface area (Å²) in [4.78, 5) is 21.1. The average Bonchev–Trinajstić information content (AvgIpc) is 2.08. The molecule has 82 valence electrons. The van der Waals surface area contributed by atoms with Crippen LogP contribution in [-0.4, -0.2) is 25.4 Å². The van der Waals surface area contributed by atoms with Crippen molar-refractivity contribution in [3.63, 3.8) is 0 Å². The van der Waals surface area contributed by atoms with Gasteiger partial charge in [-0.2, -0.15) is 0 Å². The molecule has 2 N–H and O–H groups in total. The van der Waals surface area contributed by atoms with Crippen molar-refractivity contribution in [3.8, 4) is 0 Å². The van der Waals surface area contributed by atoms with Gasteiger partial charge in [-0.3, -0.25) is 9.59 Å². The summed E-state index contributed by atoms with van der Waals surface area (Å²) in [6.45, 7) is 7.31. The van der Waals surface area contributed by atoms with Crippen LogP contribution in [0.2, 0.25) is 0 Å². The summed E-state index contributed by atoms with van der Waals surface area (Å²) < 4.78 is 0. The fraction of sp³-hybridized carbons (Fsp3) is 0.800. The molecule has 0 spiro atoms. The number of carbonyl (C=O) groups is 2. The summed E-state index contributed by atoms with van der Waals surface area (Å²) in [7, 11) is 0. The Morgan fingerprint density at radius 3 is 2.43 bits per heavy atom. The van der Waals surface area contributed by atoms with Crippen LogP contribution in [0.25, 0.3) is 0 Å². The molecule has 0 aromatic heterocycles. The van der Waals surface area contributed by atoms with Crippen LogP contribution in [0.1, 0.15) is 33.6 Å². The molecule has 0 unspecified atom stereocenters. The van der Waals surface area contributed by atoms with Gasteiger partial charge in [0.05, 0.1) is 0 Å². The van der Waals surface area contributed by atoms with E-state index >= 15 is 0 Å². The van der Waals surface area contributed by atoms with Crippen LogP contribution in [0.4, 0.5) is 0 Å². The zero-order valence-corrected chi connectivity index (χ0v) is 9.22. The van der Waals surface area contributed by atoms with Gasteiger partial charge in [-0.1, -0.05) is 20.8 Å². The van der Waals surface area contributed by atoms with Gasteiger partial charge < -0.3 is 10.6 Å². The summed E-state index contributed by atoms with van der Waals surface area (Å²) in [5, 5.41) is 5.21. The molecule has 0 bridgehead atoms. The standard InChI is InChI=1S/C10H20N2O2/c1-10(2,3)5-4-9(14)12-7-6-11-8-13/h8H,4-7H2,1-3H3,(H,11,13)(H,12,14). The van der Waals surface area contributed by atoms with Gasteiger partial charge in [0.2, 0.25) is 12.3 Å². The van der Waals surface area contributed by atoms with Crippen LogP contribution >= 0.6 is 0 Å². The fourth-order valence-electron chi connectivity index (χ4n) is 0.910. The smallest absolute Gasteiger partial charge is 0.220 e. The number of nitrogens with one attached hydrogen (secondary N) is 2. The first-order chi connectivity index (χ1) is 6.45. The predicted molar refractivity (Wildman–Crippen MR) is 55.8 cm³/mol. The van der Waals surface area contributed by atoms with Crippen LogP contribution in [0.15, 0.2) is 0 Å². The first-order valence-corrected chi connectivity index (χ1v) is 4.89. The molecule has 14 heavy (non-hydrogen) atoms. The molecule has 0 aliphatic rings. The van der Waals surface area contributed by atoms with E-state index in [2.05, 4.69) is 31.4 Å². The highest BCUT2D eigenvalue weighted by atomic mass is 16.1. The zero-order valence-electron chi connectivity index (χ0n) is 9.22. The lowest BCUT2D eigenvalue weighted by Gasteiger charge is -2.17. The van der Waals surface area contributed by atoms with Gasteiger partial charge in [-0.05, 0) is 11.8 Å². The maximum absolute atomic E-state index is 11.2. The maximum Gasteiger partial charge on any atom is 0.220 e. The van der Waals surface area contributed by atoms with Crippen LogP contribution in [-0.2, 0) is 9.59 Å². The van der Waals surface area contributed by atoms with E-state index in [1.54, 1.807) is 0 Å². The molecule has 0 atom stereocenters. The van der Waals surface area contributed by atoms with Crippen molar-refractivity contribution < 1.29 is 9.59 Å². The van der Waals surface area contributed by atoms with Gasteiger partial charge in [0.25, 0.3) is 0 Å². The van der Waals surface area contributed by atoms with Gasteiger partial charge in [0.1, 0.15) is 0 Å². The van der Waals surface area contributed by atoms with Crippen molar-refractivity contribution in [3.05, 3.63) is 0 Å². The molecule has 0 saturated carbocycles.